The predicted octanol–water partition coefficient (Wildman–Crippen LogP) is 16.6. The quantitative estimate of drug-likeness (QED) is 0.147. The van der Waals surface area contributed by atoms with E-state index in [9.17, 15) is 6.48 Å². The molecule has 0 fully saturated rings. The minimum atomic E-state index is -0.944. The van der Waals surface area contributed by atoms with Crippen LogP contribution in [0.25, 0.3) is 95.0 Å². The molecule has 0 spiro atoms. The van der Waals surface area contributed by atoms with Gasteiger partial charge in [-0.15, -0.1) is 23.8 Å². The fourth-order valence-electron chi connectivity index (χ4n) is 9.47. The normalized spacial score (nSPS) is 11.9. The maximum absolute atomic E-state index is 11.8. The Morgan fingerprint density at radius 2 is 1.19 bits per heavy atom. The molecule has 338 valence electrons. The number of fused-ring (bicyclic) bond motifs is 1. The SMILES string of the molecule is [2H]C(C)(C)c1cc(-n2c(-c3cc(C)cc(C)c3O)nc3c(-c4[c-]c(-c5cc(-c6ccc(-c7ccccc7)cc6)ccn5)cc(-c5ccccc5)c4)cccc32)ccc1-c1ccccc1C(C)(C)C.[Pt]. The molecule has 0 saturated carbocycles. The molecular weight excluding hydrogens is 1010 g/mol. The zero-order valence-electron chi connectivity index (χ0n) is 40.5. The van der Waals surface area contributed by atoms with Crippen LogP contribution in [0.1, 0.15) is 64.1 Å². The molecule has 0 aliphatic carbocycles. The van der Waals surface area contributed by atoms with Crippen molar-refractivity contribution in [3.63, 3.8) is 0 Å². The van der Waals surface area contributed by atoms with Crippen LogP contribution in [0.2, 0.25) is 0 Å². The van der Waals surface area contributed by atoms with Crippen molar-refractivity contribution in [1.82, 2.24) is 14.5 Å². The van der Waals surface area contributed by atoms with E-state index in [1.54, 1.807) is 0 Å². The Morgan fingerprint density at radius 3 is 1.88 bits per heavy atom. The van der Waals surface area contributed by atoms with Gasteiger partial charge in [0.1, 0.15) is 11.6 Å². The van der Waals surface area contributed by atoms with E-state index in [4.69, 9.17) is 9.97 Å². The Labute approximate surface area is 416 Å². The maximum atomic E-state index is 11.8. The minimum Gasteiger partial charge on any atom is -0.507 e. The Kier molecular flexibility index (Phi) is 12.4. The minimum absolute atomic E-state index is 0. The van der Waals surface area contributed by atoms with Gasteiger partial charge in [-0.3, -0.25) is 9.55 Å². The van der Waals surface area contributed by atoms with E-state index in [2.05, 4.69) is 189 Å². The van der Waals surface area contributed by atoms with Crippen molar-refractivity contribution < 1.29 is 27.5 Å². The number of rotatable bonds is 9. The van der Waals surface area contributed by atoms with Crippen LogP contribution in [0.15, 0.2) is 188 Å². The van der Waals surface area contributed by atoms with Gasteiger partial charge in [-0.05, 0) is 117 Å². The topological polar surface area (TPSA) is 50.9 Å². The molecule has 0 unspecified atom stereocenters. The second kappa shape index (κ2) is 18.9. The van der Waals surface area contributed by atoms with Crippen molar-refractivity contribution in [2.24, 2.45) is 0 Å². The third-order valence-electron chi connectivity index (χ3n) is 12.8. The average molecular weight is 1070 g/mol. The molecule has 2 heterocycles. The molecule has 68 heavy (non-hydrogen) atoms. The van der Waals surface area contributed by atoms with Gasteiger partial charge in [-0.1, -0.05) is 191 Å². The molecule has 0 saturated heterocycles. The number of hydrogen-bond donors (Lipinski definition) is 1. The summed E-state index contributed by atoms with van der Waals surface area (Å²) in [6, 6.07) is 67.2. The van der Waals surface area contributed by atoms with Crippen molar-refractivity contribution >= 4 is 11.0 Å². The van der Waals surface area contributed by atoms with Crippen molar-refractivity contribution in [2.75, 3.05) is 0 Å². The van der Waals surface area contributed by atoms with Crippen LogP contribution < -0.4 is 0 Å². The molecule has 0 atom stereocenters. The Balaban J connectivity index is 0.00000593. The first-order valence-electron chi connectivity index (χ1n) is 23.5. The van der Waals surface area contributed by atoms with Crippen LogP contribution in [-0.4, -0.2) is 19.6 Å². The summed E-state index contributed by atoms with van der Waals surface area (Å²) < 4.78 is 11.7. The van der Waals surface area contributed by atoms with Gasteiger partial charge in [0, 0.05) is 40.0 Å². The zero-order chi connectivity index (χ0) is 47.3. The fraction of sp³-hybridized carbons (Fsp3) is 0.143. The largest absolute Gasteiger partial charge is 0.507 e. The zero-order valence-corrected chi connectivity index (χ0v) is 41.8. The molecule has 4 nitrogen and oxygen atoms in total. The third-order valence-corrected chi connectivity index (χ3v) is 12.8. The number of para-hydroxylation sites is 1. The van der Waals surface area contributed by atoms with Crippen molar-refractivity contribution in [2.45, 2.75) is 59.8 Å². The van der Waals surface area contributed by atoms with E-state index in [1.807, 2.05) is 58.2 Å². The maximum Gasteiger partial charge on any atom is 0.148 e. The van der Waals surface area contributed by atoms with E-state index in [0.717, 1.165) is 89.2 Å². The van der Waals surface area contributed by atoms with Gasteiger partial charge in [0.05, 0.1) is 16.6 Å². The summed E-state index contributed by atoms with van der Waals surface area (Å²) in [6.45, 7) is 14.6. The Bertz CT molecular complexity index is 3490. The first kappa shape index (κ1) is 44.7. The second-order valence-electron chi connectivity index (χ2n) is 18.9. The van der Waals surface area contributed by atoms with Crippen LogP contribution in [-0.2, 0) is 26.5 Å². The first-order chi connectivity index (χ1) is 32.7. The Hall–Kier alpha value is -7.13. The standard InChI is InChI=1S/C63H54N3O.Pt/c1-40(2)55-39-51(29-30-53(55)54-21-14-15-23-57(54)63(5,6)7)66-59-24-16-22-52(60(59)65-62(66)56-34-41(3)33-42(4)61(56)67)49-35-48(44-19-12-9-13-20-44)36-50(37-49)58-38-47(31-32-64-58)46-27-25-45(26-28-46)43-17-10-8-11-18-43;/h8-36,38-40,67H,1-7H3;/q-1;/i40D;. The number of aromatic hydroxyl groups is 1. The predicted molar refractivity (Wildman–Crippen MR) is 280 cm³/mol. The van der Waals surface area contributed by atoms with Crippen LogP contribution in [0.5, 0.6) is 5.75 Å². The van der Waals surface area contributed by atoms with Gasteiger partial charge < -0.3 is 5.11 Å². The summed E-state index contributed by atoms with van der Waals surface area (Å²) in [5, 5.41) is 11.8. The van der Waals surface area contributed by atoms with Crippen LogP contribution in [0, 0.1) is 19.9 Å². The second-order valence-corrected chi connectivity index (χ2v) is 18.9. The van der Waals surface area contributed by atoms with Crippen molar-refractivity contribution in [3.8, 4) is 89.7 Å². The Morgan fingerprint density at radius 1 is 0.574 bits per heavy atom. The number of phenolic OH excluding ortho intramolecular Hbond substituents is 1. The molecule has 5 heteroatoms. The van der Waals surface area contributed by atoms with E-state index in [1.165, 1.54) is 16.7 Å². The van der Waals surface area contributed by atoms with E-state index in [-0.39, 0.29) is 32.2 Å². The molecule has 0 radical (unpaired) electrons. The number of hydrogen-bond acceptors (Lipinski definition) is 3. The molecule has 2 aromatic heterocycles. The van der Waals surface area contributed by atoms with E-state index in [0.29, 0.717) is 11.4 Å². The van der Waals surface area contributed by atoms with Crippen LogP contribution in [0.3, 0.4) is 0 Å². The average Bonchev–Trinajstić information content (AvgIpc) is 3.74. The van der Waals surface area contributed by atoms with Crippen LogP contribution in [0.4, 0.5) is 0 Å². The van der Waals surface area contributed by atoms with E-state index < -0.39 is 5.89 Å². The molecule has 0 amide bonds. The van der Waals surface area contributed by atoms with E-state index >= 15 is 0 Å². The van der Waals surface area contributed by atoms with Gasteiger partial charge in [0.15, 0.2) is 0 Å². The van der Waals surface area contributed by atoms with Gasteiger partial charge in [-0.25, -0.2) is 4.98 Å². The number of imidazole rings is 1. The molecule has 10 aromatic rings. The summed E-state index contributed by atoms with van der Waals surface area (Å²) in [5.41, 5.74) is 19.2. The third kappa shape index (κ3) is 8.90. The first-order valence-corrected chi connectivity index (χ1v) is 23.0. The summed E-state index contributed by atoms with van der Waals surface area (Å²) in [6.07, 6.45) is 1.88. The molecule has 0 bridgehead atoms. The van der Waals surface area contributed by atoms with Gasteiger partial charge in [0.25, 0.3) is 0 Å². The number of phenols is 1. The molecule has 0 aliphatic rings. The molecule has 8 aromatic carbocycles. The smallest absolute Gasteiger partial charge is 0.148 e. The molecule has 0 aliphatic heterocycles. The summed E-state index contributed by atoms with van der Waals surface area (Å²) in [7, 11) is 0. The number of benzene rings is 8. The van der Waals surface area contributed by atoms with Gasteiger partial charge >= 0.3 is 0 Å². The molecule has 10 rings (SSSR count). The number of pyridine rings is 1. The fourth-order valence-corrected chi connectivity index (χ4v) is 9.47. The molecule has 1 N–H and O–H groups in total. The summed E-state index contributed by atoms with van der Waals surface area (Å²) in [5.74, 6) is -0.146. The van der Waals surface area contributed by atoms with Gasteiger partial charge in [-0.2, -0.15) is 0 Å². The number of aryl methyl sites for hydroxylation is 2. The molecular formula is C63H54N3OPt-. The number of aromatic nitrogens is 3. The van der Waals surface area contributed by atoms with Crippen molar-refractivity contribution in [3.05, 3.63) is 217 Å². The number of nitrogens with zero attached hydrogens (tertiary/aromatic N) is 3. The van der Waals surface area contributed by atoms with Crippen LogP contribution >= 0.6 is 0 Å². The van der Waals surface area contributed by atoms with Gasteiger partial charge in [0.2, 0.25) is 0 Å². The monoisotopic (exact) mass is 1060 g/mol. The summed E-state index contributed by atoms with van der Waals surface area (Å²) >= 11 is 0. The van der Waals surface area contributed by atoms with Crippen molar-refractivity contribution in [1.29, 1.82) is 0 Å². The summed E-state index contributed by atoms with van der Waals surface area (Å²) in [4.78, 5) is 10.4.